The van der Waals surface area contributed by atoms with Crippen LogP contribution in [0.3, 0.4) is 0 Å². The molecule has 0 saturated heterocycles. The molecule has 0 aliphatic heterocycles. The van der Waals surface area contributed by atoms with Gasteiger partial charge in [-0.05, 0) is 45.5 Å². The van der Waals surface area contributed by atoms with Gasteiger partial charge in [-0.15, -0.1) is 11.3 Å². The van der Waals surface area contributed by atoms with E-state index in [0.29, 0.717) is 13.1 Å². The van der Waals surface area contributed by atoms with Crippen LogP contribution in [0.5, 0.6) is 0 Å². The predicted molar refractivity (Wildman–Crippen MR) is 101 cm³/mol. The second-order valence-electron chi connectivity index (χ2n) is 6.42. The van der Waals surface area contributed by atoms with Crippen LogP contribution in [0, 0.1) is 13.8 Å². The van der Waals surface area contributed by atoms with Gasteiger partial charge >= 0.3 is 0 Å². The average molecular weight is 341 g/mol. The molecule has 3 rings (SSSR count). The average Bonchev–Trinajstić information content (AvgIpc) is 2.82. The lowest BCUT2D eigenvalue weighted by atomic mass is 10.1. The fourth-order valence-corrected chi connectivity index (χ4v) is 3.93. The zero-order valence-corrected chi connectivity index (χ0v) is 15.5. The predicted octanol–water partition coefficient (Wildman–Crippen LogP) is 3.38. The highest BCUT2D eigenvalue weighted by molar-refractivity contribution is 7.18. The molecule has 0 N–H and O–H groups in total. The minimum Gasteiger partial charge on any atom is -0.302 e. The summed E-state index contributed by atoms with van der Waals surface area (Å²) >= 11 is 1.61. The molecule has 126 valence electrons. The van der Waals surface area contributed by atoms with Crippen LogP contribution in [0.1, 0.15) is 21.8 Å². The maximum atomic E-state index is 13.1. The number of hydrogen-bond donors (Lipinski definition) is 0. The third-order valence-corrected chi connectivity index (χ3v) is 5.39. The Bertz CT molecular complexity index is 910. The van der Waals surface area contributed by atoms with Gasteiger partial charge in [0.15, 0.2) is 0 Å². The standard InChI is InChI=1S/C19H23N3OS/c1-13-14(2)24-18-17(13)19(23)22(16(20-18)12-21(3)4)11-10-15-8-6-5-7-9-15/h5-9H,10-12H2,1-4H3. The van der Waals surface area contributed by atoms with Gasteiger partial charge in [-0.3, -0.25) is 9.36 Å². The number of aromatic nitrogens is 2. The fraction of sp³-hybridized carbons (Fsp3) is 0.368. The van der Waals surface area contributed by atoms with E-state index in [9.17, 15) is 4.79 Å². The molecular formula is C19H23N3OS. The van der Waals surface area contributed by atoms with Gasteiger partial charge in [0.25, 0.3) is 5.56 Å². The lowest BCUT2D eigenvalue weighted by molar-refractivity contribution is 0.376. The summed E-state index contributed by atoms with van der Waals surface area (Å²) in [7, 11) is 4.01. The Morgan fingerprint density at radius 1 is 1.17 bits per heavy atom. The number of benzene rings is 1. The second kappa shape index (κ2) is 6.87. The first-order valence-corrected chi connectivity index (χ1v) is 8.97. The monoisotopic (exact) mass is 341 g/mol. The molecule has 0 fully saturated rings. The third-order valence-electron chi connectivity index (χ3n) is 4.29. The Morgan fingerprint density at radius 2 is 1.88 bits per heavy atom. The van der Waals surface area contributed by atoms with E-state index in [0.717, 1.165) is 28.0 Å². The minimum atomic E-state index is 0.0923. The molecule has 0 aliphatic rings. The summed E-state index contributed by atoms with van der Waals surface area (Å²) in [5.74, 6) is 0.842. The summed E-state index contributed by atoms with van der Waals surface area (Å²) in [6.07, 6.45) is 0.830. The molecule has 0 spiro atoms. The summed E-state index contributed by atoms with van der Waals surface area (Å²) in [4.78, 5) is 22.0. The lowest BCUT2D eigenvalue weighted by Gasteiger charge is -2.16. The van der Waals surface area contributed by atoms with E-state index < -0.39 is 0 Å². The SMILES string of the molecule is Cc1sc2nc(CN(C)C)n(CCc3ccccc3)c(=O)c2c1C. The Kier molecular flexibility index (Phi) is 4.83. The molecule has 2 aromatic heterocycles. The van der Waals surface area contributed by atoms with Gasteiger partial charge in [-0.25, -0.2) is 4.98 Å². The molecule has 0 saturated carbocycles. The van der Waals surface area contributed by atoms with Gasteiger partial charge in [0, 0.05) is 11.4 Å². The molecule has 1 aromatic carbocycles. The van der Waals surface area contributed by atoms with E-state index >= 15 is 0 Å². The van der Waals surface area contributed by atoms with Crippen LogP contribution < -0.4 is 5.56 Å². The van der Waals surface area contributed by atoms with Crippen molar-refractivity contribution in [3.63, 3.8) is 0 Å². The van der Waals surface area contributed by atoms with Gasteiger partial charge in [-0.2, -0.15) is 0 Å². The first-order valence-electron chi connectivity index (χ1n) is 8.15. The fourth-order valence-electron chi connectivity index (χ4n) is 2.89. The van der Waals surface area contributed by atoms with Crippen molar-refractivity contribution in [2.24, 2.45) is 0 Å². The van der Waals surface area contributed by atoms with E-state index in [4.69, 9.17) is 4.98 Å². The Labute approximate surface area is 146 Å². The smallest absolute Gasteiger partial charge is 0.262 e. The summed E-state index contributed by atoms with van der Waals surface area (Å²) in [6.45, 7) is 5.39. The van der Waals surface area contributed by atoms with E-state index in [1.807, 2.05) is 43.8 Å². The van der Waals surface area contributed by atoms with Crippen molar-refractivity contribution in [3.05, 3.63) is 62.5 Å². The van der Waals surface area contributed by atoms with Crippen molar-refractivity contribution in [2.45, 2.75) is 33.4 Å². The summed E-state index contributed by atoms with van der Waals surface area (Å²) in [5.41, 5.74) is 2.39. The van der Waals surface area contributed by atoms with Crippen LogP contribution in [-0.2, 0) is 19.5 Å². The molecule has 3 aromatic rings. The molecule has 0 bridgehead atoms. The molecule has 24 heavy (non-hydrogen) atoms. The van der Waals surface area contributed by atoms with Crippen molar-refractivity contribution >= 4 is 21.6 Å². The van der Waals surface area contributed by atoms with E-state index in [-0.39, 0.29) is 5.56 Å². The van der Waals surface area contributed by atoms with Gasteiger partial charge in [0.05, 0.1) is 11.9 Å². The van der Waals surface area contributed by atoms with Gasteiger partial charge < -0.3 is 4.90 Å². The Morgan fingerprint density at radius 3 is 2.54 bits per heavy atom. The molecule has 4 nitrogen and oxygen atoms in total. The van der Waals surface area contributed by atoms with Crippen LogP contribution in [0.15, 0.2) is 35.1 Å². The maximum absolute atomic E-state index is 13.1. The highest BCUT2D eigenvalue weighted by Crippen LogP contribution is 2.26. The highest BCUT2D eigenvalue weighted by Gasteiger charge is 2.16. The summed E-state index contributed by atoms with van der Waals surface area (Å²) in [5, 5.41) is 0.785. The van der Waals surface area contributed by atoms with Crippen LogP contribution in [0.4, 0.5) is 0 Å². The second-order valence-corrected chi connectivity index (χ2v) is 7.62. The largest absolute Gasteiger partial charge is 0.302 e. The lowest BCUT2D eigenvalue weighted by Crippen LogP contribution is -2.29. The Hall–Kier alpha value is -1.98. The van der Waals surface area contributed by atoms with Crippen LogP contribution >= 0.6 is 11.3 Å². The molecular weight excluding hydrogens is 318 g/mol. The first-order chi connectivity index (χ1) is 11.5. The number of aryl methyl sites for hydroxylation is 3. The first kappa shape index (κ1) is 16.9. The number of rotatable bonds is 5. The molecule has 0 amide bonds. The summed E-state index contributed by atoms with van der Waals surface area (Å²) < 4.78 is 1.86. The molecule has 2 heterocycles. The van der Waals surface area contributed by atoms with Crippen LogP contribution in [0.2, 0.25) is 0 Å². The highest BCUT2D eigenvalue weighted by atomic mass is 32.1. The summed E-state index contributed by atoms with van der Waals surface area (Å²) in [6, 6.07) is 10.3. The molecule has 0 atom stereocenters. The van der Waals surface area contributed by atoms with Crippen LogP contribution in [-0.4, -0.2) is 28.5 Å². The van der Waals surface area contributed by atoms with E-state index in [2.05, 4.69) is 24.0 Å². The van der Waals surface area contributed by atoms with Gasteiger partial charge in [0.2, 0.25) is 0 Å². The van der Waals surface area contributed by atoms with Crippen molar-refractivity contribution in [1.29, 1.82) is 0 Å². The molecule has 0 unspecified atom stereocenters. The van der Waals surface area contributed by atoms with Crippen molar-refractivity contribution in [1.82, 2.24) is 14.5 Å². The molecule has 5 heteroatoms. The van der Waals surface area contributed by atoms with E-state index in [1.165, 1.54) is 10.4 Å². The van der Waals surface area contributed by atoms with Crippen molar-refractivity contribution in [3.8, 4) is 0 Å². The zero-order valence-electron chi connectivity index (χ0n) is 14.7. The minimum absolute atomic E-state index is 0.0923. The normalized spacial score (nSPS) is 11.5. The van der Waals surface area contributed by atoms with Gasteiger partial charge in [0.1, 0.15) is 10.7 Å². The number of thiophene rings is 1. The third kappa shape index (κ3) is 3.28. The quantitative estimate of drug-likeness (QED) is 0.714. The number of hydrogen-bond acceptors (Lipinski definition) is 4. The topological polar surface area (TPSA) is 38.1 Å². The van der Waals surface area contributed by atoms with Crippen molar-refractivity contribution < 1.29 is 0 Å². The Balaban J connectivity index is 2.07. The maximum Gasteiger partial charge on any atom is 0.262 e. The van der Waals surface area contributed by atoms with E-state index in [1.54, 1.807) is 11.3 Å². The number of nitrogens with zero attached hydrogens (tertiary/aromatic N) is 3. The zero-order chi connectivity index (χ0) is 17.3. The van der Waals surface area contributed by atoms with Gasteiger partial charge in [-0.1, -0.05) is 30.3 Å². The number of fused-ring (bicyclic) bond motifs is 1. The van der Waals surface area contributed by atoms with Crippen LogP contribution in [0.25, 0.3) is 10.2 Å². The molecule has 0 aliphatic carbocycles. The van der Waals surface area contributed by atoms with Crippen molar-refractivity contribution in [2.75, 3.05) is 14.1 Å². The molecule has 0 radical (unpaired) electrons.